The van der Waals surface area contributed by atoms with E-state index in [9.17, 15) is 4.79 Å². The lowest BCUT2D eigenvalue weighted by Gasteiger charge is -2.37. The lowest BCUT2D eigenvalue weighted by atomic mass is 10.2. The Morgan fingerprint density at radius 2 is 2.15 bits per heavy atom. The number of piperazine rings is 1. The van der Waals surface area contributed by atoms with E-state index in [1.807, 2.05) is 4.90 Å². The van der Waals surface area contributed by atoms with Gasteiger partial charge in [-0.05, 0) is 13.0 Å². The van der Waals surface area contributed by atoms with E-state index >= 15 is 0 Å². The molecule has 2 fully saturated rings. The van der Waals surface area contributed by atoms with Gasteiger partial charge in [0.1, 0.15) is 0 Å². The highest BCUT2D eigenvalue weighted by Gasteiger charge is 2.27. The standard InChI is InChI=1S/C14H21N5O/c20-14(9-12-10-16-3-4-17-12)19-7-5-18(6-8-19)13-1-2-15-11-13/h3-4,10,13,15H,1-2,5-9,11H2/t13-/m0/s1. The fourth-order valence-electron chi connectivity index (χ4n) is 2.98. The van der Waals surface area contributed by atoms with Gasteiger partial charge in [-0.25, -0.2) is 0 Å². The fourth-order valence-corrected chi connectivity index (χ4v) is 2.98. The Kier molecular flexibility index (Phi) is 4.22. The molecule has 0 saturated carbocycles. The van der Waals surface area contributed by atoms with Crippen molar-refractivity contribution in [2.75, 3.05) is 39.3 Å². The molecule has 108 valence electrons. The molecule has 0 unspecified atom stereocenters. The van der Waals surface area contributed by atoms with Gasteiger partial charge in [0.2, 0.25) is 5.91 Å². The first-order chi connectivity index (χ1) is 9.83. The number of carbonyl (C=O) groups excluding carboxylic acids is 1. The Hall–Kier alpha value is -1.53. The molecule has 0 aliphatic carbocycles. The van der Waals surface area contributed by atoms with Gasteiger partial charge in [0.15, 0.2) is 0 Å². The molecule has 1 atom stereocenters. The van der Waals surface area contributed by atoms with Crippen molar-refractivity contribution in [3.05, 3.63) is 24.3 Å². The highest BCUT2D eigenvalue weighted by atomic mass is 16.2. The molecule has 2 aliphatic heterocycles. The molecule has 0 aromatic carbocycles. The Balaban J connectivity index is 1.49. The number of aromatic nitrogens is 2. The van der Waals surface area contributed by atoms with Crippen molar-refractivity contribution in [2.45, 2.75) is 18.9 Å². The van der Waals surface area contributed by atoms with Crippen LogP contribution in [0.1, 0.15) is 12.1 Å². The molecule has 1 aromatic rings. The summed E-state index contributed by atoms with van der Waals surface area (Å²) in [4.78, 5) is 24.8. The van der Waals surface area contributed by atoms with E-state index in [4.69, 9.17) is 0 Å². The van der Waals surface area contributed by atoms with E-state index in [0.717, 1.165) is 45.0 Å². The maximum atomic E-state index is 12.2. The van der Waals surface area contributed by atoms with E-state index in [2.05, 4.69) is 20.2 Å². The first-order valence-corrected chi connectivity index (χ1v) is 7.30. The summed E-state index contributed by atoms with van der Waals surface area (Å²) in [6.45, 7) is 5.84. The monoisotopic (exact) mass is 275 g/mol. The van der Waals surface area contributed by atoms with Gasteiger partial charge in [-0.3, -0.25) is 19.7 Å². The van der Waals surface area contributed by atoms with Gasteiger partial charge in [-0.1, -0.05) is 0 Å². The van der Waals surface area contributed by atoms with Crippen LogP contribution in [0.2, 0.25) is 0 Å². The van der Waals surface area contributed by atoms with Gasteiger partial charge < -0.3 is 10.2 Å². The SMILES string of the molecule is O=C(Cc1cnccn1)N1CCN([C@H]2CCNC2)CC1. The number of amides is 1. The highest BCUT2D eigenvalue weighted by molar-refractivity contribution is 5.78. The molecule has 2 aliphatic rings. The molecular weight excluding hydrogens is 254 g/mol. The van der Waals surface area contributed by atoms with Crippen LogP contribution in [0.3, 0.4) is 0 Å². The van der Waals surface area contributed by atoms with E-state index in [0.29, 0.717) is 12.5 Å². The van der Waals surface area contributed by atoms with E-state index < -0.39 is 0 Å². The van der Waals surface area contributed by atoms with E-state index in [1.165, 1.54) is 6.42 Å². The maximum Gasteiger partial charge on any atom is 0.228 e. The predicted octanol–water partition coefficient (Wildman–Crippen LogP) is -0.475. The highest BCUT2D eigenvalue weighted by Crippen LogP contribution is 2.12. The maximum absolute atomic E-state index is 12.2. The van der Waals surface area contributed by atoms with Crippen molar-refractivity contribution >= 4 is 5.91 Å². The van der Waals surface area contributed by atoms with Crippen LogP contribution < -0.4 is 5.32 Å². The average Bonchev–Trinajstić information content (AvgIpc) is 3.03. The zero-order chi connectivity index (χ0) is 13.8. The minimum absolute atomic E-state index is 0.162. The van der Waals surface area contributed by atoms with Crippen LogP contribution in [0.15, 0.2) is 18.6 Å². The van der Waals surface area contributed by atoms with E-state index in [-0.39, 0.29) is 5.91 Å². The molecule has 2 saturated heterocycles. The summed E-state index contributed by atoms with van der Waals surface area (Å²) < 4.78 is 0. The third-order valence-corrected chi connectivity index (χ3v) is 4.17. The first kappa shape index (κ1) is 13.5. The summed E-state index contributed by atoms with van der Waals surface area (Å²) in [6.07, 6.45) is 6.51. The van der Waals surface area contributed by atoms with Crippen molar-refractivity contribution in [3.63, 3.8) is 0 Å². The van der Waals surface area contributed by atoms with Crippen LogP contribution in [0.5, 0.6) is 0 Å². The normalized spacial score (nSPS) is 24.0. The van der Waals surface area contributed by atoms with Crippen LogP contribution in [-0.2, 0) is 11.2 Å². The molecule has 1 aromatic heterocycles. The van der Waals surface area contributed by atoms with Crippen LogP contribution in [0.25, 0.3) is 0 Å². The topological polar surface area (TPSA) is 61.4 Å². The van der Waals surface area contributed by atoms with Gasteiger partial charge in [0.05, 0.1) is 12.1 Å². The van der Waals surface area contributed by atoms with Gasteiger partial charge in [-0.2, -0.15) is 0 Å². The van der Waals surface area contributed by atoms with Crippen molar-refractivity contribution in [1.82, 2.24) is 25.1 Å². The minimum atomic E-state index is 0.162. The Morgan fingerprint density at radius 3 is 2.80 bits per heavy atom. The summed E-state index contributed by atoms with van der Waals surface area (Å²) in [5, 5.41) is 3.40. The largest absolute Gasteiger partial charge is 0.340 e. The third-order valence-electron chi connectivity index (χ3n) is 4.17. The Morgan fingerprint density at radius 1 is 1.30 bits per heavy atom. The Labute approximate surface area is 119 Å². The zero-order valence-electron chi connectivity index (χ0n) is 11.7. The molecule has 6 heteroatoms. The lowest BCUT2D eigenvalue weighted by molar-refractivity contribution is -0.132. The molecule has 0 bridgehead atoms. The average molecular weight is 275 g/mol. The number of carbonyl (C=O) groups is 1. The van der Waals surface area contributed by atoms with Crippen molar-refractivity contribution in [3.8, 4) is 0 Å². The number of nitrogens with zero attached hydrogens (tertiary/aromatic N) is 4. The zero-order valence-corrected chi connectivity index (χ0v) is 11.7. The van der Waals surface area contributed by atoms with Crippen molar-refractivity contribution in [2.24, 2.45) is 0 Å². The third kappa shape index (κ3) is 3.13. The molecule has 0 spiro atoms. The summed E-state index contributed by atoms with van der Waals surface area (Å²) in [5.74, 6) is 0.162. The second kappa shape index (κ2) is 6.28. The summed E-state index contributed by atoms with van der Waals surface area (Å²) >= 11 is 0. The molecular formula is C14H21N5O. The second-order valence-corrected chi connectivity index (χ2v) is 5.44. The van der Waals surface area contributed by atoms with Gasteiger partial charge in [-0.15, -0.1) is 0 Å². The lowest BCUT2D eigenvalue weighted by Crippen LogP contribution is -2.52. The molecule has 0 radical (unpaired) electrons. The van der Waals surface area contributed by atoms with E-state index in [1.54, 1.807) is 18.6 Å². The predicted molar refractivity (Wildman–Crippen MR) is 75.2 cm³/mol. The number of hydrogen-bond donors (Lipinski definition) is 1. The van der Waals surface area contributed by atoms with Gasteiger partial charge in [0.25, 0.3) is 0 Å². The van der Waals surface area contributed by atoms with Crippen LogP contribution >= 0.6 is 0 Å². The molecule has 6 nitrogen and oxygen atoms in total. The van der Waals surface area contributed by atoms with Gasteiger partial charge >= 0.3 is 0 Å². The van der Waals surface area contributed by atoms with Crippen molar-refractivity contribution in [1.29, 1.82) is 0 Å². The smallest absolute Gasteiger partial charge is 0.228 e. The summed E-state index contributed by atoms with van der Waals surface area (Å²) in [7, 11) is 0. The number of nitrogens with one attached hydrogen (secondary N) is 1. The molecule has 20 heavy (non-hydrogen) atoms. The van der Waals surface area contributed by atoms with Gasteiger partial charge in [0, 0.05) is 57.4 Å². The van der Waals surface area contributed by atoms with Crippen LogP contribution in [-0.4, -0.2) is 71.0 Å². The number of hydrogen-bond acceptors (Lipinski definition) is 5. The first-order valence-electron chi connectivity index (χ1n) is 7.30. The summed E-state index contributed by atoms with van der Waals surface area (Å²) in [6, 6.07) is 0.659. The molecule has 3 heterocycles. The molecule has 3 rings (SSSR count). The quantitative estimate of drug-likeness (QED) is 0.808. The Bertz CT molecular complexity index is 438. The molecule has 1 N–H and O–H groups in total. The molecule has 1 amide bonds. The fraction of sp³-hybridized carbons (Fsp3) is 0.643. The van der Waals surface area contributed by atoms with Crippen LogP contribution in [0, 0.1) is 0 Å². The summed E-state index contributed by atoms with van der Waals surface area (Å²) in [5.41, 5.74) is 0.750. The number of rotatable bonds is 3. The van der Waals surface area contributed by atoms with Crippen molar-refractivity contribution < 1.29 is 4.79 Å². The van der Waals surface area contributed by atoms with Crippen LogP contribution in [0.4, 0.5) is 0 Å². The minimum Gasteiger partial charge on any atom is -0.340 e. The second-order valence-electron chi connectivity index (χ2n) is 5.44.